The Labute approximate surface area is 187 Å². The summed E-state index contributed by atoms with van der Waals surface area (Å²) in [4.78, 5) is 25.9. The molecule has 10 heteroatoms. The molecule has 0 saturated carbocycles. The van der Waals surface area contributed by atoms with E-state index in [0.717, 1.165) is 18.2 Å². The molecule has 166 valence electrons. The van der Waals surface area contributed by atoms with Gasteiger partial charge < -0.3 is 10.6 Å². The lowest BCUT2D eigenvalue weighted by molar-refractivity contribution is -0.117. The number of hydrogen-bond donors (Lipinski definition) is 2. The Morgan fingerprint density at radius 2 is 2.00 bits per heavy atom. The Morgan fingerprint density at radius 3 is 2.85 bits per heavy atom. The molecule has 0 fully saturated rings. The molecule has 1 atom stereocenters. The summed E-state index contributed by atoms with van der Waals surface area (Å²) >= 11 is 0. The molecule has 6 rings (SSSR count). The first-order valence-electron chi connectivity index (χ1n) is 10.6. The van der Waals surface area contributed by atoms with Crippen molar-refractivity contribution in [2.24, 2.45) is 0 Å². The highest BCUT2D eigenvalue weighted by Crippen LogP contribution is 2.46. The predicted octanol–water partition coefficient (Wildman–Crippen LogP) is 3.63. The van der Waals surface area contributed by atoms with Gasteiger partial charge in [-0.15, -0.1) is 0 Å². The van der Waals surface area contributed by atoms with E-state index in [9.17, 15) is 13.6 Å². The highest BCUT2D eigenvalue weighted by Gasteiger charge is 2.42. The third-order valence-corrected chi connectivity index (χ3v) is 6.33. The van der Waals surface area contributed by atoms with Crippen LogP contribution in [0.1, 0.15) is 30.9 Å². The number of halogens is 2. The number of amides is 1. The van der Waals surface area contributed by atoms with E-state index in [2.05, 4.69) is 25.7 Å². The highest BCUT2D eigenvalue weighted by atomic mass is 19.1. The zero-order chi connectivity index (χ0) is 22.7. The summed E-state index contributed by atoms with van der Waals surface area (Å²) < 4.78 is 29.9. The predicted molar refractivity (Wildman–Crippen MR) is 118 cm³/mol. The summed E-state index contributed by atoms with van der Waals surface area (Å²) in [5.41, 5.74) is 1.63. The van der Waals surface area contributed by atoms with E-state index in [-0.39, 0.29) is 29.5 Å². The minimum atomic E-state index is -0.535. The maximum atomic E-state index is 14.3. The number of aromatic nitrogens is 5. The highest BCUT2D eigenvalue weighted by molar-refractivity contribution is 5.97. The fraction of sp³-hybridized carbons (Fsp3) is 0.261. The van der Waals surface area contributed by atoms with Gasteiger partial charge in [-0.1, -0.05) is 25.1 Å². The summed E-state index contributed by atoms with van der Waals surface area (Å²) in [5.74, 6) is 0.280. The van der Waals surface area contributed by atoms with Gasteiger partial charge in [0.05, 0.1) is 18.1 Å². The molecule has 1 unspecified atom stereocenters. The molecule has 4 aromatic rings. The number of carbonyl (C=O) groups excluding carboxylic acids is 1. The third-order valence-electron chi connectivity index (χ3n) is 6.33. The summed E-state index contributed by atoms with van der Waals surface area (Å²) in [6.07, 6.45) is 2.25. The largest absolute Gasteiger partial charge is 0.370 e. The quantitative estimate of drug-likeness (QED) is 0.498. The van der Waals surface area contributed by atoms with Gasteiger partial charge in [-0.3, -0.25) is 4.79 Å². The summed E-state index contributed by atoms with van der Waals surface area (Å²) in [6, 6.07) is 7.69. The molecule has 0 spiro atoms. The fourth-order valence-corrected chi connectivity index (χ4v) is 4.74. The van der Waals surface area contributed by atoms with Crippen LogP contribution in [0.3, 0.4) is 0 Å². The van der Waals surface area contributed by atoms with Gasteiger partial charge in [-0.05, 0) is 18.6 Å². The third kappa shape index (κ3) is 3.12. The molecular weight excluding hydrogens is 428 g/mol. The number of anilines is 2. The summed E-state index contributed by atoms with van der Waals surface area (Å²) in [5, 5.41) is 11.1. The van der Waals surface area contributed by atoms with Crippen LogP contribution in [-0.2, 0) is 16.8 Å². The molecule has 0 bridgehead atoms. The lowest BCUT2D eigenvalue weighted by atomic mass is 9.73. The van der Waals surface area contributed by atoms with E-state index < -0.39 is 5.82 Å². The number of rotatable bonds is 3. The molecule has 8 nitrogen and oxygen atoms in total. The van der Waals surface area contributed by atoms with Gasteiger partial charge in [0.25, 0.3) is 0 Å². The molecule has 3 aromatic heterocycles. The van der Waals surface area contributed by atoms with Crippen LogP contribution in [0.15, 0.2) is 36.5 Å². The number of nitrogens with one attached hydrogen (secondary N) is 2. The normalized spacial score (nSPS) is 19.2. The number of fused-ring (bicyclic) bond motifs is 1. The first kappa shape index (κ1) is 19.7. The molecule has 5 heterocycles. The van der Waals surface area contributed by atoms with Crippen LogP contribution in [0.4, 0.5) is 20.4 Å². The van der Waals surface area contributed by atoms with E-state index in [0.29, 0.717) is 46.9 Å². The van der Waals surface area contributed by atoms with Crippen LogP contribution in [0.5, 0.6) is 0 Å². The molecule has 33 heavy (non-hydrogen) atoms. The SMILES string of the molecule is CC12CCNc3nc(-c4nn(Cc5ccccc5F)c5ncc(F)cc45)nc(c31)NC(=O)C2. The van der Waals surface area contributed by atoms with Crippen molar-refractivity contribution < 1.29 is 13.6 Å². The number of pyridine rings is 1. The second-order valence-electron chi connectivity index (χ2n) is 8.70. The van der Waals surface area contributed by atoms with E-state index in [1.54, 1.807) is 18.2 Å². The van der Waals surface area contributed by atoms with Crippen molar-refractivity contribution >= 4 is 28.6 Å². The second kappa shape index (κ2) is 7.03. The molecule has 0 saturated heterocycles. The summed E-state index contributed by atoms with van der Waals surface area (Å²) in [7, 11) is 0. The smallest absolute Gasteiger partial charge is 0.226 e. The van der Waals surface area contributed by atoms with E-state index >= 15 is 0 Å². The number of hydrogen-bond acceptors (Lipinski definition) is 6. The van der Waals surface area contributed by atoms with Gasteiger partial charge in [0.2, 0.25) is 5.91 Å². The van der Waals surface area contributed by atoms with Crippen LogP contribution in [-0.4, -0.2) is 37.2 Å². The van der Waals surface area contributed by atoms with Crippen LogP contribution < -0.4 is 10.6 Å². The van der Waals surface area contributed by atoms with Crippen LogP contribution >= 0.6 is 0 Å². The van der Waals surface area contributed by atoms with Crippen LogP contribution in [0.25, 0.3) is 22.6 Å². The Balaban J connectivity index is 1.54. The first-order valence-corrected chi connectivity index (χ1v) is 10.6. The molecule has 0 aliphatic carbocycles. The van der Waals surface area contributed by atoms with Gasteiger partial charge in [-0.2, -0.15) is 5.10 Å². The molecular formula is C23H19F2N7O. The van der Waals surface area contributed by atoms with Crippen molar-refractivity contribution in [1.82, 2.24) is 24.7 Å². The van der Waals surface area contributed by atoms with Crippen molar-refractivity contribution in [3.8, 4) is 11.5 Å². The molecule has 1 amide bonds. The van der Waals surface area contributed by atoms with Gasteiger partial charge in [0.1, 0.15) is 29.0 Å². The maximum Gasteiger partial charge on any atom is 0.226 e. The van der Waals surface area contributed by atoms with E-state index in [4.69, 9.17) is 4.98 Å². The average molecular weight is 447 g/mol. The minimum absolute atomic E-state index is 0.104. The van der Waals surface area contributed by atoms with Crippen molar-refractivity contribution in [3.05, 3.63) is 59.3 Å². The van der Waals surface area contributed by atoms with Gasteiger partial charge >= 0.3 is 0 Å². The van der Waals surface area contributed by atoms with Crippen LogP contribution in [0, 0.1) is 11.6 Å². The molecule has 0 radical (unpaired) electrons. The Morgan fingerprint density at radius 1 is 1.18 bits per heavy atom. The molecule has 2 aliphatic heterocycles. The number of benzene rings is 1. The van der Waals surface area contributed by atoms with Gasteiger partial charge in [-0.25, -0.2) is 28.4 Å². The second-order valence-corrected chi connectivity index (χ2v) is 8.70. The van der Waals surface area contributed by atoms with E-state index in [1.165, 1.54) is 16.8 Å². The Kier molecular flexibility index (Phi) is 4.20. The number of nitrogens with zero attached hydrogens (tertiary/aromatic N) is 5. The van der Waals surface area contributed by atoms with Crippen molar-refractivity contribution in [3.63, 3.8) is 0 Å². The first-order chi connectivity index (χ1) is 15.9. The maximum absolute atomic E-state index is 14.3. The fourth-order valence-electron chi connectivity index (χ4n) is 4.74. The lowest BCUT2D eigenvalue weighted by Crippen LogP contribution is -2.41. The molecule has 2 N–H and O–H groups in total. The van der Waals surface area contributed by atoms with Gasteiger partial charge in [0, 0.05) is 29.5 Å². The standard InChI is InChI=1S/C23H19F2N7O/c1-23-6-7-26-19-17(23)20(28-16(33)9-23)30-21(29-19)18-14-8-13(24)10-27-22(14)32(31-18)11-12-4-2-3-5-15(12)25/h2-5,8,10H,6-7,9,11H2,1H3,(H2,26,28,29,30,33). The lowest BCUT2D eigenvalue weighted by Gasteiger charge is -2.39. The van der Waals surface area contributed by atoms with Gasteiger partial charge in [0.15, 0.2) is 11.5 Å². The Hall–Kier alpha value is -3.95. The average Bonchev–Trinajstić information content (AvgIpc) is 3.12. The summed E-state index contributed by atoms with van der Waals surface area (Å²) in [6.45, 7) is 2.81. The molecule has 1 aromatic carbocycles. The zero-order valence-corrected chi connectivity index (χ0v) is 17.7. The Bertz CT molecular complexity index is 1450. The number of carbonyl (C=O) groups is 1. The minimum Gasteiger partial charge on any atom is -0.370 e. The van der Waals surface area contributed by atoms with Crippen LogP contribution in [0.2, 0.25) is 0 Å². The van der Waals surface area contributed by atoms with Crippen molar-refractivity contribution in [2.45, 2.75) is 31.7 Å². The van der Waals surface area contributed by atoms with Crippen molar-refractivity contribution in [1.29, 1.82) is 0 Å². The van der Waals surface area contributed by atoms with Crippen molar-refractivity contribution in [2.75, 3.05) is 17.2 Å². The van der Waals surface area contributed by atoms with E-state index in [1.807, 2.05) is 6.92 Å². The molecule has 2 aliphatic rings. The monoisotopic (exact) mass is 447 g/mol. The zero-order valence-electron chi connectivity index (χ0n) is 17.7. The topological polar surface area (TPSA) is 97.6 Å².